The predicted molar refractivity (Wildman–Crippen MR) is 130 cm³/mol. The molecule has 0 aliphatic heterocycles. The summed E-state index contributed by atoms with van der Waals surface area (Å²) in [4.78, 5) is 12.2. The van der Waals surface area contributed by atoms with E-state index in [4.69, 9.17) is 0 Å². The van der Waals surface area contributed by atoms with Gasteiger partial charge in [-0.3, -0.25) is 4.79 Å². The van der Waals surface area contributed by atoms with Gasteiger partial charge in [0.1, 0.15) is 5.60 Å². The van der Waals surface area contributed by atoms with Gasteiger partial charge in [-0.15, -0.1) is 0 Å². The number of rotatable bonds is 5. The predicted octanol–water partition coefficient (Wildman–Crippen LogP) is 6.33. The minimum atomic E-state index is -4.55. The van der Waals surface area contributed by atoms with Crippen molar-refractivity contribution >= 4 is 5.78 Å². The number of benzene rings is 1. The van der Waals surface area contributed by atoms with Crippen molar-refractivity contribution in [2.45, 2.75) is 88.7 Å². The summed E-state index contributed by atoms with van der Waals surface area (Å²) in [6.45, 7) is 2.52. The monoisotopic (exact) mass is 505 g/mol. The van der Waals surface area contributed by atoms with Gasteiger partial charge in [0.15, 0.2) is 5.78 Å². The van der Waals surface area contributed by atoms with Crippen LogP contribution < -0.4 is 5.32 Å². The number of nitrogens with one attached hydrogen (secondary N) is 1. The molecule has 7 heteroatoms. The number of aliphatic hydroxyl groups is 1. The molecule has 196 valence electrons. The van der Waals surface area contributed by atoms with Gasteiger partial charge in [0.2, 0.25) is 0 Å². The molecule has 0 heterocycles. The van der Waals surface area contributed by atoms with E-state index in [1.807, 2.05) is 31.3 Å². The second-order valence-electron chi connectivity index (χ2n) is 11.6. The van der Waals surface area contributed by atoms with Crippen LogP contribution in [0.25, 0.3) is 0 Å². The van der Waals surface area contributed by atoms with E-state index in [-0.39, 0.29) is 49.7 Å². The van der Waals surface area contributed by atoms with E-state index in [0.29, 0.717) is 32.2 Å². The molecule has 0 radical (unpaired) electrons. The fourth-order valence-corrected chi connectivity index (χ4v) is 7.91. The van der Waals surface area contributed by atoms with Gasteiger partial charge in [-0.2, -0.15) is 8.78 Å². The van der Waals surface area contributed by atoms with Gasteiger partial charge >= 0.3 is 11.8 Å². The van der Waals surface area contributed by atoms with Crippen molar-refractivity contribution in [1.82, 2.24) is 5.32 Å². The zero-order chi connectivity index (χ0) is 26.1. The Kier molecular flexibility index (Phi) is 6.07. The summed E-state index contributed by atoms with van der Waals surface area (Å²) in [5.41, 5.74) is 1.21. The zero-order valence-electron chi connectivity index (χ0n) is 21.1. The molecule has 0 spiro atoms. The molecule has 5 atom stereocenters. The highest BCUT2D eigenvalue weighted by molar-refractivity contribution is 5.93. The molecule has 0 bridgehead atoms. The van der Waals surface area contributed by atoms with Crippen LogP contribution >= 0.6 is 0 Å². The third kappa shape index (κ3) is 3.56. The van der Waals surface area contributed by atoms with Crippen LogP contribution in [0.2, 0.25) is 0 Å². The third-order valence-electron chi connectivity index (χ3n) is 9.72. The van der Waals surface area contributed by atoms with E-state index in [0.717, 1.165) is 22.3 Å². The van der Waals surface area contributed by atoms with E-state index in [9.17, 15) is 18.7 Å². The van der Waals surface area contributed by atoms with Gasteiger partial charge in [-0.1, -0.05) is 36.8 Å². The normalized spacial score (nSPS) is 34.7. The van der Waals surface area contributed by atoms with Crippen molar-refractivity contribution in [3.63, 3.8) is 0 Å². The number of hydrogen-bond donors (Lipinski definition) is 2. The van der Waals surface area contributed by atoms with Crippen LogP contribution in [-0.2, 0) is 11.3 Å². The summed E-state index contributed by atoms with van der Waals surface area (Å²) in [6, 6.07) is 8.00. The van der Waals surface area contributed by atoms with Crippen molar-refractivity contribution < 1.29 is 27.5 Å². The molecule has 0 aromatic heterocycles. The Morgan fingerprint density at radius 2 is 1.78 bits per heavy atom. The lowest BCUT2D eigenvalue weighted by Crippen LogP contribution is -2.65. The molecule has 5 rings (SSSR count). The molecule has 0 amide bonds. The Morgan fingerprint density at radius 1 is 1.08 bits per heavy atom. The first-order valence-corrected chi connectivity index (χ1v) is 13.0. The summed E-state index contributed by atoms with van der Waals surface area (Å²) < 4.78 is 59.3. The molecule has 4 aliphatic rings. The lowest BCUT2D eigenvalue weighted by molar-refractivity contribution is -0.315. The highest BCUT2D eigenvalue weighted by atomic mass is 19.3. The fourth-order valence-electron chi connectivity index (χ4n) is 7.91. The number of halogens is 4. The van der Waals surface area contributed by atoms with Gasteiger partial charge in [0, 0.05) is 31.2 Å². The Balaban J connectivity index is 1.67. The Hall–Kier alpha value is -1.99. The molecular weight excluding hydrogens is 470 g/mol. The first-order chi connectivity index (χ1) is 16.8. The lowest BCUT2D eigenvalue weighted by Gasteiger charge is -2.56. The summed E-state index contributed by atoms with van der Waals surface area (Å²) in [5.74, 6) is -9.46. The first-order valence-electron chi connectivity index (χ1n) is 13.0. The van der Waals surface area contributed by atoms with Crippen molar-refractivity contribution in [2.24, 2.45) is 17.3 Å². The maximum absolute atomic E-state index is 15.4. The van der Waals surface area contributed by atoms with Crippen LogP contribution in [0.3, 0.4) is 0 Å². The van der Waals surface area contributed by atoms with E-state index in [1.165, 1.54) is 5.57 Å². The highest BCUT2D eigenvalue weighted by Crippen LogP contribution is 2.70. The number of alkyl halides is 4. The van der Waals surface area contributed by atoms with Gasteiger partial charge < -0.3 is 10.4 Å². The molecule has 36 heavy (non-hydrogen) atoms. The zero-order valence-corrected chi connectivity index (χ0v) is 21.1. The molecule has 3 nitrogen and oxygen atoms in total. The standard InChI is InChI=1S/C29H35F4NO2/c1-26-15-23(18-6-4-17(5-7-18)16-34-3)25-21-11-9-20(35)14-19(21)8-10-22(25)24(26)12-13-28(26,36)29(32,33)27(2,30)31/h4-7,14,22-24,34,36H,8-13,15-16H2,1-3H3. The van der Waals surface area contributed by atoms with E-state index in [2.05, 4.69) is 5.32 Å². The third-order valence-corrected chi connectivity index (χ3v) is 9.72. The maximum atomic E-state index is 15.4. The smallest absolute Gasteiger partial charge is 0.338 e. The second-order valence-corrected chi connectivity index (χ2v) is 11.6. The quantitative estimate of drug-likeness (QED) is 0.460. The van der Waals surface area contributed by atoms with Crippen molar-refractivity contribution in [1.29, 1.82) is 0 Å². The summed E-state index contributed by atoms with van der Waals surface area (Å²) in [5, 5.41) is 14.6. The van der Waals surface area contributed by atoms with Crippen LogP contribution in [0.4, 0.5) is 17.6 Å². The van der Waals surface area contributed by atoms with E-state index < -0.39 is 22.9 Å². The van der Waals surface area contributed by atoms with Gasteiger partial charge in [0.05, 0.1) is 0 Å². The number of hydrogen-bond acceptors (Lipinski definition) is 3. The molecule has 2 fully saturated rings. The lowest BCUT2D eigenvalue weighted by atomic mass is 9.50. The summed E-state index contributed by atoms with van der Waals surface area (Å²) in [7, 11) is 1.86. The average Bonchev–Trinajstić information content (AvgIpc) is 3.10. The van der Waals surface area contributed by atoms with Crippen molar-refractivity contribution in [3.8, 4) is 0 Å². The van der Waals surface area contributed by atoms with Gasteiger partial charge in [-0.25, -0.2) is 8.78 Å². The fraction of sp³-hybridized carbons (Fsp3) is 0.621. The molecule has 5 unspecified atom stereocenters. The number of carbonyl (C=O) groups is 1. The van der Waals surface area contributed by atoms with Gasteiger partial charge in [-0.05, 0) is 85.8 Å². The van der Waals surface area contributed by atoms with Crippen LogP contribution in [0.1, 0.15) is 75.8 Å². The molecule has 0 saturated heterocycles. The molecule has 1 aromatic carbocycles. The minimum absolute atomic E-state index is 0.0820. The van der Waals surface area contributed by atoms with Crippen LogP contribution in [0.15, 0.2) is 47.1 Å². The summed E-state index contributed by atoms with van der Waals surface area (Å²) >= 11 is 0. The maximum Gasteiger partial charge on any atom is 0.338 e. The largest absolute Gasteiger partial charge is 0.383 e. The Labute approximate surface area is 210 Å². The van der Waals surface area contributed by atoms with E-state index in [1.54, 1.807) is 13.0 Å². The molecule has 2 saturated carbocycles. The summed E-state index contributed by atoms with van der Waals surface area (Å²) in [6.07, 6.45) is 4.24. The number of ketones is 1. The van der Waals surface area contributed by atoms with Crippen molar-refractivity contribution in [2.75, 3.05) is 7.05 Å². The Bertz CT molecular complexity index is 1120. The highest BCUT2D eigenvalue weighted by Gasteiger charge is 2.76. The van der Waals surface area contributed by atoms with Gasteiger partial charge in [0.25, 0.3) is 0 Å². The molecule has 2 N–H and O–H groups in total. The number of allylic oxidation sites excluding steroid dienone is 4. The molecular formula is C29H35F4NO2. The minimum Gasteiger partial charge on any atom is -0.383 e. The van der Waals surface area contributed by atoms with E-state index >= 15 is 8.78 Å². The number of carbonyl (C=O) groups excluding carboxylic acids is 1. The average molecular weight is 506 g/mol. The topological polar surface area (TPSA) is 49.3 Å². The van der Waals surface area contributed by atoms with Crippen LogP contribution in [0.5, 0.6) is 0 Å². The molecule has 1 aromatic rings. The van der Waals surface area contributed by atoms with Crippen LogP contribution in [-0.4, -0.2) is 35.4 Å². The second kappa shape index (κ2) is 8.52. The van der Waals surface area contributed by atoms with Crippen LogP contribution in [0, 0.1) is 17.3 Å². The molecule has 4 aliphatic carbocycles. The van der Waals surface area contributed by atoms with Crippen molar-refractivity contribution in [3.05, 3.63) is 58.2 Å². The Morgan fingerprint density at radius 3 is 2.42 bits per heavy atom. The number of fused-ring (bicyclic) bond motifs is 4. The first kappa shape index (κ1) is 25.7. The SMILES string of the molecule is CNCc1ccc(C2CC3(C)C(CCC3(O)C(F)(F)C(C)(F)F)C3CCC4=CC(=O)CCC4=C23)cc1.